The summed E-state index contributed by atoms with van der Waals surface area (Å²) < 4.78 is 0. The number of aromatic nitrogens is 6. The number of H-pyrrole nitrogens is 2. The van der Waals surface area contributed by atoms with Gasteiger partial charge in [-0.05, 0) is 66.8 Å². The van der Waals surface area contributed by atoms with Crippen molar-refractivity contribution >= 4 is 24.2 Å². The summed E-state index contributed by atoms with van der Waals surface area (Å²) in [6, 6.07) is 17.2. The second kappa shape index (κ2) is 16.4. The molecule has 280 valence electrons. The number of rotatable bonds is 13. The first-order chi connectivity index (χ1) is 26.3. The number of nitrogens with zero attached hydrogens (tertiary/aromatic N) is 7. The molecule has 0 unspecified atom stereocenters. The number of benzene rings is 2. The number of aliphatic imine (C=N–C) groups is 1. The molecule has 2 saturated heterocycles. The number of likely N-dealkylation sites (tertiary alicyclic amines) is 2. The van der Waals surface area contributed by atoms with E-state index in [2.05, 4.69) is 88.6 Å². The highest BCUT2D eigenvalue weighted by Gasteiger charge is 2.37. The first-order valence-corrected chi connectivity index (χ1v) is 18.5. The summed E-state index contributed by atoms with van der Waals surface area (Å²) in [6.45, 7) is 7.13. The third kappa shape index (κ3) is 7.88. The van der Waals surface area contributed by atoms with E-state index in [4.69, 9.17) is 9.87 Å². The largest absolute Gasteiger partial charge is 0.342 e. The molecule has 5 aromatic rings. The van der Waals surface area contributed by atoms with E-state index in [0.29, 0.717) is 19.0 Å². The van der Waals surface area contributed by atoms with E-state index in [1.807, 2.05) is 36.0 Å². The van der Waals surface area contributed by atoms with Crippen molar-refractivity contribution in [2.45, 2.75) is 70.6 Å². The molecule has 0 spiro atoms. The second-order valence-electron chi connectivity index (χ2n) is 14.0. The van der Waals surface area contributed by atoms with Crippen molar-refractivity contribution in [1.82, 2.24) is 39.7 Å². The quantitative estimate of drug-likeness (QED) is 0.0539. The highest BCUT2D eigenvalue weighted by atomic mass is 17.2. The van der Waals surface area contributed by atoms with Gasteiger partial charge in [0.15, 0.2) is 0 Å². The summed E-state index contributed by atoms with van der Waals surface area (Å²) in [7, 11) is 1.38. The molecule has 54 heavy (non-hydrogen) atoms. The summed E-state index contributed by atoms with van der Waals surface area (Å²) >= 11 is 0. The van der Waals surface area contributed by atoms with Crippen molar-refractivity contribution in [2.24, 2.45) is 10.9 Å². The zero-order valence-corrected chi connectivity index (χ0v) is 31.0. The third-order valence-electron chi connectivity index (χ3n) is 10.2. The highest BCUT2D eigenvalue weighted by Crippen LogP contribution is 2.35. The lowest BCUT2D eigenvalue weighted by Gasteiger charge is -2.30. The maximum absolute atomic E-state index is 13.8. The minimum absolute atomic E-state index is 0.0276. The first kappa shape index (κ1) is 36.5. The second-order valence-corrected chi connectivity index (χ2v) is 14.0. The Kier molecular flexibility index (Phi) is 11.1. The summed E-state index contributed by atoms with van der Waals surface area (Å²) in [4.78, 5) is 68.9. The fourth-order valence-electron chi connectivity index (χ4n) is 7.29. The van der Waals surface area contributed by atoms with Gasteiger partial charge in [-0.25, -0.2) is 24.9 Å². The number of nitrogens with one attached hydrogen (secondary N) is 3. The minimum atomic E-state index is -0.587. The average molecular weight is 731 g/mol. The monoisotopic (exact) mass is 730 g/mol. The zero-order valence-electron chi connectivity index (χ0n) is 31.0. The number of hydrogen-bond acceptors (Lipinski definition) is 10. The van der Waals surface area contributed by atoms with Crippen LogP contribution in [0.1, 0.15) is 70.2 Å². The Hall–Kier alpha value is -5.89. The topological polar surface area (TPSA) is 167 Å². The van der Waals surface area contributed by atoms with Gasteiger partial charge in [-0.3, -0.25) is 9.59 Å². The molecule has 14 nitrogen and oxygen atoms in total. The van der Waals surface area contributed by atoms with Crippen molar-refractivity contribution in [1.29, 1.82) is 0 Å². The van der Waals surface area contributed by atoms with Gasteiger partial charge >= 0.3 is 0 Å². The Morgan fingerprint density at radius 2 is 1.28 bits per heavy atom. The normalized spacial score (nSPS) is 18.4. The van der Waals surface area contributed by atoms with Crippen LogP contribution < -0.4 is 5.32 Å². The van der Waals surface area contributed by atoms with Crippen LogP contribution in [-0.2, 0) is 19.4 Å². The van der Waals surface area contributed by atoms with Crippen molar-refractivity contribution in [2.75, 3.05) is 25.5 Å². The Balaban J connectivity index is 0.991. The molecule has 2 aliphatic rings. The molecule has 0 saturated carbocycles. The molecular weight excluding hydrogens is 685 g/mol. The number of carbonyl (C=O) groups excluding carboxylic acids is 2. The van der Waals surface area contributed by atoms with Gasteiger partial charge < -0.3 is 30.0 Å². The number of carbonyl (C=O) groups is 2. The Bertz CT molecular complexity index is 2040. The van der Waals surface area contributed by atoms with Crippen LogP contribution in [0.5, 0.6) is 0 Å². The van der Waals surface area contributed by atoms with Gasteiger partial charge in [0, 0.05) is 25.5 Å². The molecule has 7 rings (SSSR count). The molecule has 2 fully saturated rings. The number of aromatic amines is 2. The molecule has 2 aliphatic heterocycles. The van der Waals surface area contributed by atoms with E-state index in [1.165, 1.54) is 7.11 Å². The molecular formula is C40H46N10O4. The van der Waals surface area contributed by atoms with Gasteiger partial charge in [0.2, 0.25) is 24.2 Å². The maximum Gasteiger partial charge on any atom is 0.247 e. The van der Waals surface area contributed by atoms with E-state index in [0.717, 1.165) is 77.4 Å². The van der Waals surface area contributed by atoms with Gasteiger partial charge in [-0.15, -0.1) is 0 Å². The van der Waals surface area contributed by atoms with E-state index >= 15 is 0 Å². The number of hydrogen-bond donors (Lipinski definition) is 3. The molecule has 0 bridgehead atoms. The van der Waals surface area contributed by atoms with Gasteiger partial charge in [0.05, 0.1) is 43.0 Å². The predicted octanol–water partition coefficient (Wildman–Crippen LogP) is 6.38. The smallest absolute Gasteiger partial charge is 0.247 e. The SMILES string of the molecule is COOC=N[C@@H](C)C(=O)N1CCC[C@H]1c1ncc(-c2ccc(-c3ccc(-c4cnc([C@@H]5CCCN5C(=O)[C@@H](Nc5ncccn5)C(C)C)[nH]4)cc3)cc2)[nH]1. The Morgan fingerprint density at radius 1 is 0.778 bits per heavy atom. The third-order valence-corrected chi connectivity index (χ3v) is 10.2. The van der Waals surface area contributed by atoms with Crippen LogP contribution in [0.2, 0.25) is 0 Å². The number of anilines is 1. The number of imidazole rings is 2. The fraction of sp³-hybridized carbons (Fsp3) is 0.375. The van der Waals surface area contributed by atoms with E-state index in [1.54, 1.807) is 25.4 Å². The molecule has 0 radical (unpaired) electrons. The summed E-state index contributed by atoms with van der Waals surface area (Å²) in [5, 5.41) is 3.24. The van der Waals surface area contributed by atoms with Crippen LogP contribution in [0.15, 0.2) is 84.4 Å². The maximum atomic E-state index is 13.8. The summed E-state index contributed by atoms with van der Waals surface area (Å²) in [5.74, 6) is 2.00. The van der Waals surface area contributed by atoms with Gasteiger partial charge in [-0.1, -0.05) is 62.4 Å². The summed E-state index contributed by atoms with van der Waals surface area (Å²) in [6.07, 6.45) is 11.6. The molecule has 14 heteroatoms. The van der Waals surface area contributed by atoms with Crippen LogP contribution in [0, 0.1) is 5.92 Å². The minimum Gasteiger partial charge on any atom is -0.342 e. The average Bonchev–Trinajstić information content (AvgIpc) is 4.04. The molecule has 3 N–H and O–H groups in total. The first-order valence-electron chi connectivity index (χ1n) is 18.5. The fourth-order valence-corrected chi connectivity index (χ4v) is 7.29. The summed E-state index contributed by atoms with van der Waals surface area (Å²) in [5.41, 5.74) is 6.00. The van der Waals surface area contributed by atoms with Crippen LogP contribution in [0.25, 0.3) is 33.6 Å². The van der Waals surface area contributed by atoms with Crippen LogP contribution in [0.3, 0.4) is 0 Å². The van der Waals surface area contributed by atoms with Crippen LogP contribution >= 0.6 is 0 Å². The zero-order chi connectivity index (χ0) is 37.6. The predicted molar refractivity (Wildman–Crippen MR) is 205 cm³/mol. The van der Waals surface area contributed by atoms with Gasteiger partial charge in [0.1, 0.15) is 23.7 Å². The van der Waals surface area contributed by atoms with Crippen molar-refractivity contribution in [3.8, 4) is 33.6 Å². The highest BCUT2D eigenvalue weighted by molar-refractivity contribution is 5.85. The van der Waals surface area contributed by atoms with Gasteiger partial charge in [0.25, 0.3) is 0 Å². The molecule has 3 aromatic heterocycles. The van der Waals surface area contributed by atoms with E-state index in [9.17, 15) is 9.59 Å². The van der Waals surface area contributed by atoms with E-state index < -0.39 is 12.1 Å². The van der Waals surface area contributed by atoms with Crippen molar-refractivity contribution < 1.29 is 19.4 Å². The lowest BCUT2D eigenvalue weighted by Crippen LogP contribution is -2.45. The molecule has 5 heterocycles. The number of amides is 2. The molecule has 0 aliphatic carbocycles. The molecule has 2 aromatic carbocycles. The van der Waals surface area contributed by atoms with E-state index in [-0.39, 0.29) is 29.8 Å². The molecule has 2 amide bonds. The van der Waals surface area contributed by atoms with Gasteiger partial charge in [-0.2, -0.15) is 4.89 Å². The van der Waals surface area contributed by atoms with Crippen LogP contribution in [0.4, 0.5) is 5.95 Å². The standard InChI is InChI=1S/C40H46N10O4/c1-25(2)35(48-40-41-18-7-19-42-40)39(52)50-21-6-9-34(50)37-44-23-32(47-37)30-16-12-28(13-17-30)27-10-14-29(15-11-27)31-22-43-36(46-31)33-8-5-20-49(33)38(51)26(3)45-24-54-53-4/h7,10-19,22-26,33-35H,5-6,8-9,20-21H2,1-4H3,(H,43,46)(H,44,47)(H,41,42,48)/t26-,33-,34-,35-/m0/s1. The van der Waals surface area contributed by atoms with Crippen molar-refractivity contribution in [3.05, 3.63) is 91.0 Å². The van der Waals surface area contributed by atoms with Crippen molar-refractivity contribution in [3.63, 3.8) is 0 Å². The Labute approximate surface area is 314 Å². The lowest BCUT2D eigenvalue weighted by atomic mass is 10.0. The lowest BCUT2D eigenvalue weighted by molar-refractivity contribution is -0.188. The molecule has 4 atom stereocenters. The van der Waals surface area contributed by atoms with Crippen LogP contribution in [-0.4, -0.2) is 90.2 Å². The Morgan fingerprint density at radius 3 is 1.78 bits per heavy atom.